The van der Waals surface area contributed by atoms with Gasteiger partial charge >= 0.3 is 0 Å². The van der Waals surface area contributed by atoms with Crippen LogP contribution in [-0.2, 0) is 9.59 Å². The molecule has 3 nitrogen and oxygen atoms in total. The van der Waals surface area contributed by atoms with Gasteiger partial charge in [-0.05, 0) is 36.8 Å². The Hall–Kier alpha value is 0.130. The summed E-state index contributed by atoms with van der Waals surface area (Å²) in [7, 11) is 0. The number of hydrogen-bond acceptors (Lipinski definition) is 2. The topological polar surface area (TPSA) is 37.4 Å². The Kier molecular flexibility index (Phi) is 4.59. The van der Waals surface area contributed by atoms with Crippen molar-refractivity contribution in [3.63, 3.8) is 0 Å². The van der Waals surface area contributed by atoms with Gasteiger partial charge in [0.1, 0.15) is 9.75 Å². The molecule has 0 radical (unpaired) electrons. The van der Waals surface area contributed by atoms with Crippen LogP contribution in [0.4, 0.5) is 5.69 Å². The first-order valence-electron chi connectivity index (χ1n) is 8.93. The van der Waals surface area contributed by atoms with Gasteiger partial charge in [0.25, 0.3) is 0 Å². The van der Waals surface area contributed by atoms with Gasteiger partial charge in [-0.3, -0.25) is 9.59 Å². The minimum Gasteiger partial charge on any atom is -0.274 e. The van der Waals surface area contributed by atoms with Crippen LogP contribution in [0.15, 0.2) is 34.3 Å². The van der Waals surface area contributed by atoms with Crippen LogP contribution in [0.3, 0.4) is 0 Å². The zero-order valence-corrected chi connectivity index (χ0v) is 19.7. The molecular weight excluding hydrogens is 522 g/mol. The van der Waals surface area contributed by atoms with Crippen LogP contribution in [-0.4, -0.2) is 25.9 Å². The number of halogens is 7. The van der Waals surface area contributed by atoms with Crippen LogP contribution in [0.1, 0.15) is 12.8 Å². The van der Waals surface area contributed by atoms with Gasteiger partial charge in [-0.2, -0.15) is 0 Å². The quantitative estimate of drug-likeness (QED) is 0.313. The van der Waals surface area contributed by atoms with E-state index in [9.17, 15) is 9.59 Å². The molecule has 0 aromatic heterocycles. The molecule has 2 amide bonds. The number of carbonyl (C=O) groups is 2. The van der Waals surface area contributed by atoms with Crippen LogP contribution in [0.25, 0.3) is 0 Å². The van der Waals surface area contributed by atoms with E-state index in [1.165, 1.54) is 0 Å². The highest BCUT2D eigenvalue weighted by Gasteiger charge is 2.83. The molecule has 1 aromatic rings. The fourth-order valence-electron chi connectivity index (χ4n) is 5.59. The van der Waals surface area contributed by atoms with Crippen molar-refractivity contribution >= 4 is 98.7 Å². The molecule has 1 aliphatic heterocycles. The van der Waals surface area contributed by atoms with Crippen molar-refractivity contribution in [1.29, 1.82) is 0 Å². The number of fused-ring (bicyclic) bond motifs is 6. The minimum atomic E-state index is -1.67. The highest BCUT2D eigenvalue weighted by molar-refractivity contribution is 6.65. The smallest absolute Gasteiger partial charge is 0.237 e. The maximum atomic E-state index is 13.2. The van der Waals surface area contributed by atoms with E-state index in [2.05, 4.69) is 0 Å². The predicted octanol–water partition coefficient (Wildman–Crippen LogP) is 6.32. The Labute approximate surface area is 202 Å². The van der Waals surface area contributed by atoms with Crippen molar-refractivity contribution in [1.82, 2.24) is 0 Å². The zero-order valence-electron chi connectivity index (χ0n) is 14.4. The Morgan fingerprint density at radius 3 is 1.69 bits per heavy atom. The molecular formula is C19H12Cl7NO2. The summed E-state index contributed by atoms with van der Waals surface area (Å²) in [5, 5.41) is 0.546. The number of hydrogen-bond donors (Lipinski definition) is 0. The second-order valence-corrected chi connectivity index (χ2v) is 11.7. The third-order valence-corrected chi connectivity index (χ3v) is 11.6. The van der Waals surface area contributed by atoms with Crippen molar-refractivity contribution in [3.05, 3.63) is 39.4 Å². The molecule has 2 bridgehead atoms. The second kappa shape index (κ2) is 6.34. The Morgan fingerprint density at radius 2 is 1.24 bits per heavy atom. The first-order chi connectivity index (χ1) is 13.5. The molecule has 2 saturated carbocycles. The predicted molar refractivity (Wildman–Crippen MR) is 117 cm³/mol. The number of allylic oxidation sites excluding steroid dienone is 2. The Morgan fingerprint density at radius 1 is 0.793 bits per heavy atom. The van der Waals surface area contributed by atoms with E-state index < -0.39 is 37.8 Å². The summed E-state index contributed by atoms with van der Waals surface area (Å²) in [4.78, 5) is 24.8. The molecule has 3 aliphatic carbocycles. The second-order valence-electron chi connectivity index (χ2n) is 7.99. The standard InChI is InChI=1S/C19H12Cl7NO2/c20-11-3-1-2-4-12(11)27-15(28)7-5-9-10(6-8(7)16(27)29)18(24)14(22)13(21)17(9,23)19(18,25)26/h1-4,7-10H,5-6H2/t7-,8+,9-,10-,17-,18-/m1/s1. The SMILES string of the molecule is O=C1[C@H]2C[C@@H]3[C@@H](C[C@H]2C(=O)N1c1ccccc1Cl)[C@@]1(Cl)C(Cl)=C(Cl)[C@@]3(Cl)C1(Cl)Cl. The number of alkyl halides is 4. The van der Waals surface area contributed by atoms with E-state index in [4.69, 9.17) is 81.2 Å². The Bertz CT molecular complexity index is 956. The third-order valence-electron chi connectivity index (χ3n) is 6.92. The molecule has 1 saturated heterocycles. The van der Waals surface area contributed by atoms with Gasteiger partial charge in [-0.1, -0.05) is 70.1 Å². The van der Waals surface area contributed by atoms with E-state index in [-0.39, 0.29) is 34.7 Å². The van der Waals surface area contributed by atoms with Crippen molar-refractivity contribution in [2.75, 3.05) is 4.90 Å². The van der Waals surface area contributed by atoms with Crippen LogP contribution >= 0.6 is 81.2 Å². The number of benzene rings is 1. The summed E-state index contributed by atoms with van der Waals surface area (Å²) < 4.78 is -1.67. The highest BCUT2D eigenvalue weighted by atomic mass is 35.5. The van der Waals surface area contributed by atoms with Gasteiger partial charge in [0.05, 0.1) is 32.6 Å². The summed E-state index contributed by atoms with van der Waals surface area (Å²) in [6.45, 7) is 0. The van der Waals surface area contributed by atoms with Crippen molar-refractivity contribution in [2.45, 2.75) is 26.9 Å². The van der Waals surface area contributed by atoms with Crippen molar-refractivity contribution < 1.29 is 9.59 Å². The van der Waals surface area contributed by atoms with Crippen molar-refractivity contribution in [2.24, 2.45) is 23.7 Å². The summed E-state index contributed by atoms with van der Waals surface area (Å²) in [6.07, 6.45) is 0.556. The monoisotopic (exact) mass is 531 g/mol. The lowest BCUT2D eigenvalue weighted by Crippen LogP contribution is -2.44. The molecule has 0 unspecified atom stereocenters. The third kappa shape index (κ3) is 2.21. The summed E-state index contributed by atoms with van der Waals surface area (Å²) >= 11 is 46.2. The molecule has 29 heavy (non-hydrogen) atoms. The number of anilines is 1. The first kappa shape index (κ1) is 21.0. The number of nitrogens with zero attached hydrogens (tertiary/aromatic N) is 1. The zero-order chi connectivity index (χ0) is 21.1. The average Bonchev–Trinajstić information content (AvgIpc) is 3.04. The van der Waals surface area contributed by atoms with Crippen LogP contribution < -0.4 is 4.90 Å². The fourth-order valence-corrected chi connectivity index (χ4v) is 8.92. The van der Waals surface area contributed by atoms with E-state index in [1.807, 2.05) is 0 Å². The van der Waals surface area contributed by atoms with Gasteiger partial charge in [-0.15, -0.1) is 23.2 Å². The summed E-state index contributed by atoms with van der Waals surface area (Å²) in [5.41, 5.74) is 0.367. The van der Waals surface area contributed by atoms with Gasteiger partial charge in [-0.25, -0.2) is 4.90 Å². The van der Waals surface area contributed by atoms with Crippen LogP contribution in [0, 0.1) is 23.7 Å². The molecule has 5 rings (SSSR count). The molecule has 0 spiro atoms. The van der Waals surface area contributed by atoms with Crippen LogP contribution in [0.2, 0.25) is 5.02 Å². The number of imide groups is 1. The largest absolute Gasteiger partial charge is 0.274 e. The summed E-state index contributed by atoms with van der Waals surface area (Å²) in [5.74, 6) is -2.62. The highest BCUT2D eigenvalue weighted by Crippen LogP contribution is 2.79. The molecule has 3 fully saturated rings. The average molecular weight is 534 g/mol. The number of para-hydroxylation sites is 1. The van der Waals surface area contributed by atoms with Crippen molar-refractivity contribution in [3.8, 4) is 0 Å². The lowest BCUT2D eigenvalue weighted by molar-refractivity contribution is -0.122. The van der Waals surface area contributed by atoms with Gasteiger partial charge in [0.2, 0.25) is 11.8 Å². The lowest BCUT2D eigenvalue weighted by atomic mass is 9.65. The molecule has 4 aliphatic rings. The summed E-state index contributed by atoms with van der Waals surface area (Å²) in [6, 6.07) is 6.73. The van der Waals surface area contributed by atoms with Gasteiger partial charge in [0.15, 0.2) is 4.33 Å². The number of amides is 2. The maximum absolute atomic E-state index is 13.2. The first-order valence-corrected chi connectivity index (χ1v) is 11.6. The minimum absolute atomic E-state index is 0.111. The molecule has 154 valence electrons. The fraction of sp³-hybridized carbons (Fsp3) is 0.474. The van der Waals surface area contributed by atoms with E-state index in [0.717, 1.165) is 4.90 Å². The molecule has 1 aromatic carbocycles. The van der Waals surface area contributed by atoms with E-state index >= 15 is 0 Å². The molecule has 1 heterocycles. The Balaban J connectivity index is 1.58. The molecule has 0 N–H and O–H groups in total. The van der Waals surface area contributed by atoms with E-state index in [0.29, 0.717) is 10.7 Å². The number of rotatable bonds is 1. The maximum Gasteiger partial charge on any atom is 0.237 e. The van der Waals surface area contributed by atoms with Crippen LogP contribution in [0.5, 0.6) is 0 Å². The van der Waals surface area contributed by atoms with Gasteiger partial charge in [0, 0.05) is 0 Å². The molecule has 10 heteroatoms. The molecule has 6 atom stereocenters. The normalized spacial score (nSPS) is 42.5. The van der Waals surface area contributed by atoms with E-state index in [1.54, 1.807) is 24.3 Å². The van der Waals surface area contributed by atoms with Gasteiger partial charge < -0.3 is 0 Å². The number of carbonyl (C=O) groups excluding carboxylic acids is 2. The lowest BCUT2D eigenvalue weighted by Gasteiger charge is -2.42.